The normalized spacial score (nSPS) is 17.9. The van der Waals surface area contributed by atoms with Crippen LogP contribution in [0.1, 0.15) is 22.8 Å². The quantitative estimate of drug-likeness (QED) is 0.830. The van der Waals surface area contributed by atoms with E-state index < -0.39 is 5.97 Å². The van der Waals surface area contributed by atoms with Crippen LogP contribution in [-0.4, -0.2) is 64.7 Å². The molecule has 0 unspecified atom stereocenters. The third-order valence-electron chi connectivity index (χ3n) is 5.21. The zero-order valence-electron chi connectivity index (χ0n) is 16.0. The molecule has 2 aromatic rings. The van der Waals surface area contributed by atoms with Crippen molar-refractivity contribution >= 4 is 11.9 Å². The molecule has 1 heterocycles. The highest BCUT2D eigenvalue weighted by Crippen LogP contribution is 2.24. The van der Waals surface area contributed by atoms with Gasteiger partial charge in [-0.25, -0.2) is 4.79 Å². The summed E-state index contributed by atoms with van der Waals surface area (Å²) in [6.07, 6.45) is 0. The summed E-state index contributed by atoms with van der Waals surface area (Å²) in [4.78, 5) is 27.2. The van der Waals surface area contributed by atoms with Crippen LogP contribution < -0.4 is 0 Å². The van der Waals surface area contributed by atoms with E-state index in [9.17, 15) is 19.8 Å². The van der Waals surface area contributed by atoms with Gasteiger partial charge < -0.3 is 15.1 Å². The Morgan fingerprint density at radius 3 is 2.39 bits per heavy atom. The van der Waals surface area contributed by atoms with Crippen molar-refractivity contribution < 1.29 is 19.8 Å². The summed E-state index contributed by atoms with van der Waals surface area (Å²) in [7, 11) is 0. The Kier molecular flexibility index (Phi) is 6.44. The van der Waals surface area contributed by atoms with Crippen LogP contribution in [0.2, 0.25) is 0 Å². The number of aliphatic hydroxyl groups is 1. The fraction of sp³-hybridized carbons (Fsp3) is 0.364. The van der Waals surface area contributed by atoms with Gasteiger partial charge in [-0.1, -0.05) is 42.5 Å². The molecule has 6 heteroatoms. The van der Waals surface area contributed by atoms with Gasteiger partial charge in [0, 0.05) is 52.2 Å². The van der Waals surface area contributed by atoms with Crippen LogP contribution in [0, 0.1) is 5.92 Å². The monoisotopic (exact) mass is 382 g/mol. The van der Waals surface area contributed by atoms with E-state index in [4.69, 9.17) is 0 Å². The largest absolute Gasteiger partial charge is 0.478 e. The number of carboxylic acids is 1. The Hall–Kier alpha value is -2.70. The van der Waals surface area contributed by atoms with Crippen molar-refractivity contribution in [2.24, 2.45) is 5.92 Å². The molecule has 1 amide bonds. The fourth-order valence-electron chi connectivity index (χ4n) is 3.69. The van der Waals surface area contributed by atoms with Crippen LogP contribution in [0.4, 0.5) is 0 Å². The molecule has 6 nitrogen and oxygen atoms in total. The number of nitrogens with zero attached hydrogens (tertiary/aromatic N) is 2. The van der Waals surface area contributed by atoms with Crippen LogP contribution >= 0.6 is 0 Å². The number of benzene rings is 2. The van der Waals surface area contributed by atoms with Crippen molar-refractivity contribution in [3.05, 3.63) is 59.7 Å². The number of aliphatic hydroxyl groups excluding tert-OH is 1. The molecular weight excluding hydrogens is 356 g/mol. The number of carbonyl (C=O) groups is 2. The zero-order chi connectivity index (χ0) is 20.1. The van der Waals surface area contributed by atoms with Gasteiger partial charge in [-0.2, -0.15) is 0 Å². The molecule has 1 saturated heterocycles. The molecule has 0 saturated carbocycles. The Balaban J connectivity index is 1.72. The molecule has 0 radical (unpaired) electrons. The predicted molar refractivity (Wildman–Crippen MR) is 107 cm³/mol. The van der Waals surface area contributed by atoms with Gasteiger partial charge in [0.1, 0.15) is 0 Å². The first-order valence-corrected chi connectivity index (χ1v) is 9.48. The lowest BCUT2D eigenvalue weighted by atomic mass is 9.98. The summed E-state index contributed by atoms with van der Waals surface area (Å²) in [5, 5.41) is 19.0. The Bertz CT molecular complexity index is 835. The Labute approximate surface area is 165 Å². The van der Waals surface area contributed by atoms with Crippen LogP contribution in [0.3, 0.4) is 0 Å². The fourth-order valence-corrected chi connectivity index (χ4v) is 3.69. The SMILES string of the molecule is CC(=O)N1CCN(Cc2ccc(-c3ccccc3C(=O)O)cc2)C[C@@H](CO)C1. The molecule has 148 valence electrons. The lowest BCUT2D eigenvalue weighted by Crippen LogP contribution is -2.35. The van der Waals surface area contributed by atoms with Crippen molar-refractivity contribution in [1.29, 1.82) is 0 Å². The minimum Gasteiger partial charge on any atom is -0.478 e. The molecular formula is C22H26N2O4. The molecule has 0 aliphatic carbocycles. The van der Waals surface area contributed by atoms with E-state index in [1.165, 1.54) is 0 Å². The van der Waals surface area contributed by atoms with Gasteiger partial charge in [0.2, 0.25) is 5.91 Å². The number of carboxylic acid groups (broad SMARTS) is 1. The van der Waals surface area contributed by atoms with Crippen molar-refractivity contribution in [2.45, 2.75) is 13.5 Å². The van der Waals surface area contributed by atoms with Crippen molar-refractivity contribution in [3.8, 4) is 11.1 Å². The van der Waals surface area contributed by atoms with Gasteiger partial charge >= 0.3 is 5.97 Å². The van der Waals surface area contributed by atoms with Gasteiger partial charge in [0.25, 0.3) is 0 Å². The van der Waals surface area contributed by atoms with E-state index in [0.29, 0.717) is 18.7 Å². The van der Waals surface area contributed by atoms with Crippen LogP contribution in [-0.2, 0) is 11.3 Å². The third kappa shape index (κ3) is 4.77. The van der Waals surface area contributed by atoms with Crippen molar-refractivity contribution in [1.82, 2.24) is 9.80 Å². The van der Waals surface area contributed by atoms with Gasteiger partial charge in [-0.3, -0.25) is 9.69 Å². The van der Waals surface area contributed by atoms with E-state index in [0.717, 1.165) is 30.8 Å². The maximum Gasteiger partial charge on any atom is 0.336 e. The maximum absolute atomic E-state index is 11.7. The summed E-state index contributed by atoms with van der Waals surface area (Å²) < 4.78 is 0. The first-order chi connectivity index (χ1) is 13.5. The van der Waals surface area contributed by atoms with E-state index in [1.54, 1.807) is 24.0 Å². The second kappa shape index (κ2) is 8.99. The van der Waals surface area contributed by atoms with Crippen LogP contribution in [0.5, 0.6) is 0 Å². The van der Waals surface area contributed by atoms with E-state index in [1.807, 2.05) is 36.4 Å². The zero-order valence-corrected chi connectivity index (χ0v) is 16.0. The molecule has 2 aromatic carbocycles. The van der Waals surface area contributed by atoms with Gasteiger partial charge in [-0.15, -0.1) is 0 Å². The molecule has 1 atom stereocenters. The summed E-state index contributed by atoms with van der Waals surface area (Å²) in [6.45, 7) is 5.11. The molecule has 0 bridgehead atoms. The molecule has 3 rings (SSSR count). The lowest BCUT2D eigenvalue weighted by Gasteiger charge is -2.22. The average Bonchev–Trinajstić information content (AvgIpc) is 2.91. The number of aromatic carboxylic acids is 1. The van der Waals surface area contributed by atoms with E-state index in [2.05, 4.69) is 4.90 Å². The van der Waals surface area contributed by atoms with Crippen LogP contribution in [0.25, 0.3) is 11.1 Å². The minimum absolute atomic E-state index is 0.0433. The topological polar surface area (TPSA) is 81.1 Å². The highest BCUT2D eigenvalue weighted by atomic mass is 16.4. The predicted octanol–water partition coefficient (Wildman–Crippen LogP) is 2.32. The highest BCUT2D eigenvalue weighted by molar-refractivity contribution is 5.95. The molecule has 0 spiro atoms. The number of hydrogen-bond acceptors (Lipinski definition) is 4. The number of rotatable bonds is 5. The first kappa shape index (κ1) is 20.0. The Morgan fingerprint density at radius 2 is 1.75 bits per heavy atom. The molecule has 1 fully saturated rings. The number of hydrogen-bond donors (Lipinski definition) is 2. The maximum atomic E-state index is 11.7. The summed E-state index contributed by atoms with van der Waals surface area (Å²) in [6, 6.07) is 14.9. The van der Waals surface area contributed by atoms with Crippen molar-refractivity contribution in [3.63, 3.8) is 0 Å². The lowest BCUT2D eigenvalue weighted by molar-refractivity contribution is -0.129. The molecule has 1 aliphatic heterocycles. The van der Waals surface area contributed by atoms with Gasteiger partial charge in [-0.05, 0) is 22.8 Å². The molecule has 2 N–H and O–H groups in total. The third-order valence-corrected chi connectivity index (χ3v) is 5.21. The standard InChI is InChI=1S/C22H26N2O4/c1-16(26)24-11-10-23(13-18(14-24)15-25)12-17-6-8-19(9-7-17)20-4-2-3-5-21(20)22(27)28/h2-9,18,25H,10-15H2,1H3,(H,27,28)/t18-/m1/s1. The summed E-state index contributed by atoms with van der Waals surface area (Å²) in [5.74, 6) is -0.843. The smallest absolute Gasteiger partial charge is 0.336 e. The highest BCUT2D eigenvalue weighted by Gasteiger charge is 2.23. The molecule has 28 heavy (non-hydrogen) atoms. The van der Waals surface area contributed by atoms with Crippen LogP contribution in [0.15, 0.2) is 48.5 Å². The number of carbonyl (C=O) groups excluding carboxylic acids is 1. The summed E-state index contributed by atoms with van der Waals surface area (Å²) >= 11 is 0. The number of amides is 1. The summed E-state index contributed by atoms with van der Waals surface area (Å²) in [5.41, 5.74) is 2.98. The van der Waals surface area contributed by atoms with E-state index in [-0.39, 0.29) is 24.0 Å². The molecule has 0 aromatic heterocycles. The second-order valence-corrected chi connectivity index (χ2v) is 7.30. The van der Waals surface area contributed by atoms with E-state index >= 15 is 0 Å². The second-order valence-electron chi connectivity index (χ2n) is 7.30. The minimum atomic E-state index is -0.936. The molecule has 1 aliphatic rings. The van der Waals surface area contributed by atoms with Gasteiger partial charge in [0.15, 0.2) is 0 Å². The van der Waals surface area contributed by atoms with Gasteiger partial charge in [0.05, 0.1) is 5.56 Å². The first-order valence-electron chi connectivity index (χ1n) is 9.48. The average molecular weight is 382 g/mol. The Morgan fingerprint density at radius 1 is 1.04 bits per heavy atom. The van der Waals surface area contributed by atoms with Crippen molar-refractivity contribution in [2.75, 3.05) is 32.8 Å².